The molecule has 1 aromatic carbocycles. The Morgan fingerprint density at radius 3 is 2.65 bits per heavy atom. The van der Waals surface area contributed by atoms with Gasteiger partial charge in [0.2, 0.25) is 0 Å². The fourth-order valence-corrected chi connectivity index (χ4v) is 2.27. The van der Waals surface area contributed by atoms with Gasteiger partial charge in [0.1, 0.15) is 22.7 Å². The van der Waals surface area contributed by atoms with E-state index >= 15 is 0 Å². The van der Waals surface area contributed by atoms with Crippen LogP contribution >= 0.6 is 10.7 Å². The van der Waals surface area contributed by atoms with Crippen LogP contribution in [0.25, 0.3) is 11.3 Å². The summed E-state index contributed by atoms with van der Waals surface area (Å²) in [5, 5.41) is 0. The number of nitrogens with zero attached hydrogens (tertiary/aromatic N) is 1. The Morgan fingerprint density at radius 1 is 1.41 bits per heavy atom. The zero-order valence-corrected chi connectivity index (χ0v) is 10.2. The van der Waals surface area contributed by atoms with Gasteiger partial charge in [-0.3, -0.25) is 0 Å². The lowest BCUT2D eigenvalue weighted by atomic mass is 10.2. The van der Waals surface area contributed by atoms with Crippen LogP contribution in [-0.2, 0) is 9.05 Å². The zero-order valence-electron chi connectivity index (χ0n) is 8.65. The minimum atomic E-state index is -4.12. The van der Waals surface area contributed by atoms with Gasteiger partial charge in [0, 0.05) is 23.2 Å². The van der Waals surface area contributed by atoms with Crippen molar-refractivity contribution in [3.05, 3.63) is 36.2 Å². The summed E-state index contributed by atoms with van der Waals surface area (Å²) in [6.45, 7) is 1.65. The molecular weight excluding hydrogens is 269 g/mol. The molecule has 0 atom stereocenters. The number of hydrogen-bond donors (Lipinski definition) is 0. The Balaban J connectivity index is 2.59. The summed E-state index contributed by atoms with van der Waals surface area (Å²) in [5.74, 6) is -0.469. The van der Waals surface area contributed by atoms with Gasteiger partial charge in [-0.15, -0.1) is 0 Å². The largest absolute Gasteiger partial charge is 0.449 e. The van der Waals surface area contributed by atoms with Gasteiger partial charge in [-0.2, -0.15) is 0 Å². The van der Waals surface area contributed by atoms with E-state index in [0.29, 0.717) is 17.1 Å². The van der Waals surface area contributed by atoms with Crippen LogP contribution in [0.5, 0.6) is 0 Å². The highest BCUT2D eigenvalue weighted by molar-refractivity contribution is 8.13. The van der Waals surface area contributed by atoms with Gasteiger partial charge >= 0.3 is 0 Å². The fraction of sp³-hybridized carbons (Fsp3) is 0.100. The first kappa shape index (κ1) is 12.1. The van der Waals surface area contributed by atoms with Gasteiger partial charge in [-0.25, -0.2) is 17.8 Å². The number of hydrogen-bond acceptors (Lipinski definition) is 4. The molecule has 2 aromatic rings. The van der Waals surface area contributed by atoms with Crippen molar-refractivity contribution in [3.63, 3.8) is 0 Å². The molecular formula is C10H7ClFNO3S. The SMILES string of the molecule is Cc1nc(-c2ccc(F)c(S(=O)(=O)Cl)c2)co1. The summed E-state index contributed by atoms with van der Waals surface area (Å²) < 4.78 is 40.5. The maximum atomic E-state index is 13.3. The number of oxazole rings is 1. The molecule has 0 saturated heterocycles. The van der Waals surface area contributed by atoms with E-state index in [9.17, 15) is 12.8 Å². The normalized spacial score (nSPS) is 11.7. The van der Waals surface area contributed by atoms with E-state index in [1.165, 1.54) is 12.3 Å². The lowest BCUT2D eigenvalue weighted by Crippen LogP contribution is -1.96. The summed E-state index contributed by atoms with van der Waals surface area (Å²) in [4.78, 5) is 3.43. The Kier molecular flexibility index (Phi) is 2.92. The summed E-state index contributed by atoms with van der Waals surface area (Å²) in [7, 11) is 0.998. The molecule has 0 aliphatic carbocycles. The molecule has 0 bridgehead atoms. The van der Waals surface area contributed by atoms with Crippen molar-refractivity contribution in [2.75, 3.05) is 0 Å². The van der Waals surface area contributed by atoms with Gasteiger partial charge in [-0.05, 0) is 18.2 Å². The van der Waals surface area contributed by atoms with Crippen LogP contribution in [0.3, 0.4) is 0 Å². The Labute approximate surface area is 101 Å². The van der Waals surface area contributed by atoms with Gasteiger partial charge in [0.15, 0.2) is 5.89 Å². The highest BCUT2D eigenvalue weighted by atomic mass is 35.7. The molecule has 0 aliphatic heterocycles. The van der Waals surface area contributed by atoms with Crippen molar-refractivity contribution in [2.24, 2.45) is 0 Å². The van der Waals surface area contributed by atoms with Crippen molar-refractivity contribution in [1.29, 1.82) is 0 Å². The number of aryl methyl sites for hydroxylation is 1. The van der Waals surface area contributed by atoms with Crippen molar-refractivity contribution >= 4 is 19.7 Å². The van der Waals surface area contributed by atoms with Crippen LogP contribution in [0.15, 0.2) is 33.8 Å². The van der Waals surface area contributed by atoms with Crippen LogP contribution in [0.1, 0.15) is 5.89 Å². The number of aromatic nitrogens is 1. The molecule has 1 heterocycles. The van der Waals surface area contributed by atoms with Crippen molar-refractivity contribution < 1.29 is 17.2 Å². The van der Waals surface area contributed by atoms with Gasteiger partial charge in [0.05, 0.1) is 0 Å². The van der Waals surface area contributed by atoms with Crippen LogP contribution < -0.4 is 0 Å². The number of halogens is 2. The first-order valence-corrected chi connectivity index (χ1v) is 6.85. The highest BCUT2D eigenvalue weighted by Crippen LogP contribution is 2.26. The minimum Gasteiger partial charge on any atom is -0.449 e. The average molecular weight is 276 g/mol. The van der Waals surface area contributed by atoms with Gasteiger partial charge in [-0.1, -0.05) is 0 Å². The van der Waals surface area contributed by atoms with Crippen molar-refractivity contribution in [3.8, 4) is 11.3 Å². The molecule has 1 aromatic heterocycles. The number of rotatable bonds is 2. The van der Waals surface area contributed by atoms with Crippen LogP contribution in [0.2, 0.25) is 0 Å². The van der Waals surface area contributed by atoms with Crippen LogP contribution in [0, 0.1) is 12.7 Å². The molecule has 0 radical (unpaired) electrons. The second-order valence-corrected chi connectivity index (χ2v) is 5.87. The van der Waals surface area contributed by atoms with Crippen molar-refractivity contribution in [2.45, 2.75) is 11.8 Å². The summed E-state index contributed by atoms with van der Waals surface area (Å²) in [6, 6.07) is 3.54. The maximum Gasteiger partial charge on any atom is 0.264 e. The monoisotopic (exact) mass is 275 g/mol. The summed E-state index contributed by atoms with van der Waals surface area (Å²) in [6.07, 6.45) is 1.35. The predicted molar refractivity (Wildman–Crippen MR) is 59.7 cm³/mol. The van der Waals surface area contributed by atoms with Crippen molar-refractivity contribution in [1.82, 2.24) is 4.98 Å². The maximum absolute atomic E-state index is 13.3. The molecule has 0 amide bonds. The third-order valence-corrected chi connectivity index (χ3v) is 3.45. The molecule has 0 N–H and O–H groups in total. The fourth-order valence-electron chi connectivity index (χ4n) is 1.35. The van der Waals surface area contributed by atoms with E-state index < -0.39 is 19.8 Å². The van der Waals surface area contributed by atoms with Crippen LogP contribution in [0.4, 0.5) is 4.39 Å². The molecule has 0 fully saturated rings. The van der Waals surface area contributed by atoms with Crippen LogP contribution in [-0.4, -0.2) is 13.4 Å². The molecule has 2 rings (SSSR count). The average Bonchev–Trinajstić information content (AvgIpc) is 2.64. The van der Waals surface area contributed by atoms with E-state index in [1.54, 1.807) is 6.92 Å². The third kappa shape index (κ3) is 2.48. The Morgan fingerprint density at radius 2 is 2.12 bits per heavy atom. The number of benzene rings is 1. The molecule has 0 spiro atoms. The first-order valence-electron chi connectivity index (χ1n) is 4.54. The van der Waals surface area contributed by atoms with Gasteiger partial charge in [0.25, 0.3) is 9.05 Å². The van der Waals surface area contributed by atoms with E-state index in [-0.39, 0.29) is 0 Å². The molecule has 7 heteroatoms. The van der Waals surface area contributed by atoms with E-state index in [2.05, 4.69) is 4.98 Å². The third-order valence-electron chi connectivity index (χ3n) is 2.11. The van der Waals surface area contributed by atoms with E-state index in [1.807, 2.05) is 0 Å². The molecule has 17 heavy (non-hydrogen) atoms. The Hall–Kier alpha value is -1.40. The smallest absolute Gasteiger partial charge is 0.264 e. The summed E-state index contributed by atoms with van der Waals surface area (Å²) in [5.41, 5.74) is 0.839. The second-order valence-electron chi connectivity index (χ2n) is 3.33. The predicted octanol–water partition coefficient (Wildman–Crippen LogP) is 2.72. The quantitative estimate of drug-likeness (QED) is 0.791. The summed E-state index contributed by atoms with van der Waals surface area (Å²) >= 11 is 0. The lowest BCUT2D eigenvalue weighted by molar-refractivity contribution is 0.521. The minimum absolute atomic E-state index is 0.419. The lowest BCUT2D eigenvalue weighted by Gasteiger charge is -2.01. The van der Waals surface area contributed by atoms with E-state index in [4.69, 9.17) is 15.1 Å². The molecule has 90 valence electrons. The van der Waals surface area contributed by atoms with E-state index in [0.717, 1.165) is 12.1 Å². The molecule has 0 saturated carbocycles. The second kappa shape index (κ2) is 4.12. The zero-order chi connectivity index (χ0) is 12.6. The van der Waals surface area contributed by atoms with Gasteiger partial charge < -0.3 is 4.42 Å². The first-order chi connectivity index (χ1) is 7.88. The Bertz CT molecular complexity index is 666. The molecule has 4 nitrogen and oxygen atoms in total. The molecule has 0 aliphatic rings. The highest BCUT2D eigenvalue weighted by Gasteiger charge is 2.17. The standard InChI is InChI=1S/C10H7ClFNO3S/c1-6-13-9(5-16-6)7-2-3-8(12)10(4-7)17(11,14)15/h2-5H,1H3. The topological polar surface area (TPSA) is 60.2 Å². The molecule has 0 unspecified atom stereocenters.